The van der Waals surface area contributed by atoms with Crippen molar-refractivity contribution in [3.05, 3.63) is 77.9 Å². The van der Waals surface area contributed by atoms with Gasteiger partial charge in [-0.15, -0.1) is 0 Å². The van der Waals surface area contributed by atoms with Crippen molar-refractivity contribution in [2.24, 2.45) is 0 Å². The van der Waals surface area contributed by atoms with E-state index in [4.69, 9.17) is 23.7 Å². The first-order chi connectivity index (χ1) is 16.6. The van der Waals surface area contributed by atoms with Gasteiger partial charge in [0, 0.05) is 0 Å². The largest absolute Gasteiger partial charge is 0.493 e. The lowest BCUT2D eigenvalue weighted by atomic mass is 10.0. The fraction of sp³-hybridized carbons (Fsp3) is 0.231. The van der Waals surface area contributed by atoms with Gasteiger partial charge in [-0.25, -0.2) is 4.79 Å². The summed E-state index contributed by atoms with van der Waals surface area (Å²) in [7, 11) is 4.34. The summed E-state index contributed by atoms with van der Waals surface area (Å²) in [5.41, 5.74) is 1.65. The van der Waals surface area contributed by atoms with Crippen molar-refractivity contribution in [1.82, 2.24) is 0 Å². The molecule has 0 radical (unpaired) electrons. The second kappa shape index (κ2) is 10.2. The first-order valence-corrected chi connectivity index (χ1v) is 10.6. The van der Waals surface area contributed by atoms with Crippen LogP contribution in [0, 0.1) is 0 Å². The highest BCUT2D eigenvalue weighted by molar-refractivity contribution is 6.00. The highest BCUT2D eigenvalue weighted by Crippen LogP contribution is 2.41. The molecule has 0 bridgehead atoms. The second-order valence-electron chi connectivity index (χ2n) is 7.43. The van der Waals surface area contributed by atoms with E-state index in [1.54, 1.807) is 17.0 Å². The number of ether oxygens (including phenoxy) is 5. The van der Waals surface area contributed by atoms with E-state index in [0.29, 0.717) is 17.2 Å². The van der Waals surface area contributed by atoms with Crippen LogP contribution in [0.25, 0.3) is 0 Å². The highest BCUT2D eigenvalue weighted by atomic mass is 16.5. The molecule has 8 heteroatoms. The molecule has 4 rings (SSSR count). The fourth-order valence-electron chi connectivity index (χ4n) is 3.95. The van der Waals surface area contributed by atoms with E-state index in [0.717, 1.165) is 5.56 Å². The van der Waals surface area contributed by atoms with E-state index in [9.17, 15) is 9.59 Å². The van der Waals surface area contributed by atoms with Crippen molar-refractivity contribution in [3.8, 4) is 23.0 Å². The van der Waals surface area contributed by atoms with E-state index in [1.165, 1.54) is 27.4 Å². The molecule has 1 unspecified atom stereocenters. The van der Waals surface area contributed by atoms with Crippen molar-refractivity contribution < 1.29 is 33.3 Å². The molecule has 1 atom stereocenters. The molecule has 0 aliphatic carbocycles. The van der Waals surface area contributed by atoms with Crippen LogP contribution >= 0.6 is 0 Å². The third-order valence-electron chi connectivity index (χ3n) is 5.54. The number of anilines is 1. The molecule has 3 aromatic rings. The van der Waals surface area contributed by atoms with Crippen LogP contribution in [0.2, 0.25) is 0 Å². The van der Waals surface area contributed by atoms with E-state index in [2.05, 4.69) is 0 Å². The van der Waals surface area contributed by atoms with Gasteiger partial charge in [-0.2, -0.15) is 0 Å². The van der Waals surface area contributed by atoms with Crippen LogP contribution < -0.4 is 23.8 Å². The van der Waals surface area contributed by atoms with E-state index < -0.39 is 12.6 Å². The van der Waals surface area contributed by atoms with Crippen LogP contribution in [0.5, 0.6) is 23.0 Å². The summed E-state index contributed by atoms with van der Waals surface area (Å²) in [6.45, 7) is -0.182. The lowest BCUT2D eigenvalue weighted by molar-refractivity contribution is -0.122. The second-order valence-corrected chi connectivity index (χ2v) is 7.43. The Balaban J connectivity index is 1.58. The Bertz CT molecular complexity index is 1180. The minimum Gasteiger partial charge on any atom is -0.493 e. The molecule has 1 aliphatic rings. The van der Waals surface area contributed by atoms with Crippen LogP contribution in [0.3, 0.4) is 0 Å². The summed E-state index contributed by atoms with van der Waals surface area (Å²) < 4.78 is 27.2. The topological polar surface area (TPSA) is 83.5 Å². The number of hydrogen-bond acceptors (Lipinski definition) is 7. The lowest BCUT2D eigenvalue weighted by Gasteiger charge is -2.37. The Kier molecular flexibility index (Phi) is 6.87. The number of carbonyl (C=O) groups excluding carboxylic acids is 2. The van der Waals surface area contributed by atoms with Crippen LogP contribution in [-0.4, -0.2) is 46.4 Å². The zero-order valence-electron chi connectivity index (χ0n) is 19.1. The normalized spacial score (nSPS) is 14.4. The number of esters is 1. The zero-order chi connectivity index (χ0) is 24.1. The molecule has 0 spiro atoms. The third kappa shape index (κ3) is 4.34. The smallest absolute Gasteiger partial charge is 0.342 e. The third-order valence-corrected chi connectivity index (χ3v) is 5.54. The summed E-state index contributed by atoms with van der Waals surface area (Å²) in [6, 6.07) is 19.6. The standard InChI is InChI=1S/C26H25NO7/c1-30-22-14-13-18(24(31-2)25(22)32-3)26(29)34-16-23(28)27-19-11-7-8-12-21(19)33-15-20(27)17-9-5-4-6-10-17/h4-14,20H,15-16H2,1-3H3. The van der Waals surface area contributed by atoms with Gasteiger partial charge in [-0.3, -0.25) is 9.69 Å². The maximum Gasteiger partial charge on any atom is 0.342 e. The number of amides is 1. The summed E-state index contributed by atoms with van der Waals surface area (Å²) in [5, 5.41) is 0. The van der Waals surface area contributed by atoms with Gasteiger partial charge in [0.25, 0.3) is 5.91 Å². The van der Waals surface area contributed by atoms with E-state index in [1.807, 2.05) is 48.5 Å². The van der Waals surface area contributed by atoms with Gasteiger partial charge in [0.1, 0.15) is 17.9 Å². The van der Waals surface area contributed by atoms with Gasteiger partial charge in [-0.1, -0.05) is 42.5 Å². The van der Waals surface area contributed by atoms with Gasteiger partial charge < -0.3 is 23.7 Å². The quantitative estimate of drug-likeness (QED) is 0.489. The predicted octanol–water partition coefficient (Wildman–Crippen LogP) is 4.04. The number of para-hydroxylation sites is 2. The average molecular weight is 463 g/mol. The van der Waals surface area contributed by atoms with Gasteiger partial charge in [0.15, 0.2) is 18.1 Å². The number of methoxy groups -OCH3 is 3. The molecule has 0 fully saturated rings. The lowest BCUT2D eigenvalue weighted by Crippen LogP contribution is -2.43. The molecule has 176 valence electrons. The van der Waals surface area contributed by atoms with Crippen molar-refractivity contribution in [2.45, 2.75) is 6.04 Å². The molecule has 1 aliphatic heterocycles. The molecule has 0 N–H and O–H groups in total. The number of fused-ring (bicyclic) bond motifs is 1. The summed E-state index contributed by atoms with van der Waals surface area (Å²) in [4.78, 5) is 27.9. The molecule has 34 heavy (non-hydrogen) atoms. The van der Waals surface area contributed by atoms with Gasteiger partial charge in [0.05, 0.1) is 33.1 Å². The fourth-order valence-corrected chi connectivity index (χ4v) is 3.95. The SMILES string of the molecule is COc1ccc(C(=O)OCC(=O)N2c3ccccc3OCC2c2ccccc2)c(OC)c1OC. The number of rotatable bonds is 7. The molecule has 0 saturated heterocycles. The Labute approximate surface area is 197 Å². The van der Waals surface area contributed by atoms with E-state index in [-0.39, 0.29) is 35.6 Å². The first-order valence-electron chi connectivity index (χ1n) is 10.6. The number of carbonyl (C=O) groups is 2. The first kappa shape index (κ1) is 23.0. The molecule has 0 aromatic heterocycles. The highest BCUT2D eigenvalue weighted by Gasteiger charge is 2.34. The number of hydrogen-bond donors (Lipinski definition) is 0. The van der Waals surface area contributed by atoms with Crippen LogP contribution in [-0.2, 0) is 9.53 Å². The number of nitrogens with zero attached hydrogens (tertiary/aromatic N) is 1. The van der Waals surface area contributed by atoms with Crippen molar-refractivity contribution in [3.63, 3.8) is 0 Å². The van der Waals surface area contributed by atoms with Crippen LogP contribution in [0.15, 0.2) is 66.7 Å². The molecule has 0 saturated carbocycles. The molecular weight excluding hydrogens is 438 g/mol. The number of benzene rings is 3. The molecule has 8 nitrogen and oxygen atoms in total. The molecular formula is C26H25NO7. The van der Waals surface area contributed by atoms with Gasteiger partial charge >= 0.3 is 5.97 Å². The summed E-state index contributed by atoms with van der Waals surface area (Å²) >= 11 is 0. The van der Waals surface area contributed by atoms with E-state index >= 15 is 0 Å². The van der Waals surface area contributed by atoms with Crippen molar-refractivity contribution in [1.29, 1.82) is 0 Å². The minimum absolute atomic E-state index is 0.120. The molecule has 3 aromatic carbocycles. The zero-order valence-corrected chi connectivity index (χ0v) is 19.1. The Hall–Kier alpha value is -4.20. The minimum atomic E-state index is -0.719. The molecule has 1 amide bonds. The molecule has 1 heterocycles. The maximum absolute atomic E-state index is 13.4. The predicted molar refractivity (Wildman–Crippen MR) is 125 cm³/mol. The van der Waals surface area contributed by atoms with Crippen molar-refractivity contribution >= 4 is 17.6 Å². The van der Waals surface area contributed by atoms with Crippen LogP contribution in [0.1, 0.15) is 22.0 Å². The summed E-state index contributed by atoms with van der Waals surface area (Å²) in [5.74, 6) is 0.329. The Morgan fingerprint density at radius 3 is 2.29 bits per heavy atom. The average Bonchev–Trinajstić information content (AvgIpc) is 2.90. The van der Waals surface area contributed by atoms with Gasteiger partial charge in [0.2, 0.25) is 5.75 Å². The Morgan fingerprint density at radius 1 is 0.882 bits per heavy atom. The monoisotopic (exact) mass is 463 g/mol. The van der Waals surface area contributed by atoms with Gasteiger partial charge in [-0.05, 0) is 29.8 Å². The summed E-state index contributed by atoms with van der Waals surface area (Å²) in [6.07, 6.45) is 0. The van der Waals surface area contributed by atoms with Crippen molar-refractivity contribution in [2.75, 3.05) is 39.4 Å². The maximum atomic E-state index is 13.4. The Morgan fingerprint density at radius 2 is 1.59 bits per heavy atom. The van der Waals surface area contributed by atoms with Crippen LogP contribution in [0.4, 0.5) is 5.69 Å².